The van der Waals surface area contributed by atoms with Crippen molar-refractivity contribution in [2.45, 2.75) is 50.2 Å². The molecule has 0 aromatic heterocycles. The normalized spacial score (nSPS) is 18.5. The van der Waals surface area contributed by atoms with Crippen molar-refractivity contribution in [3.8, 4) is 5.75 Å². The van der Waals surface area contributed by atoms with Gasteiger partial charge in [-0.25, -0.2) is 0 Å². The van der Waals surface area contributed by atoms with Crippen LogP contribution in [0.3, 0.4) is 0 Å². The topological polar surface area (TPSA) is 97.2 Å². The first-order valence-corrected chi connectivity index (χ1v) is 12.0. The number of carbonyl (C=O) groups excluding carboxylic acids is 1. The minimum atomic E-state index is -4.03. The predicted octanol–water partition coefficient (Wildman–Crippen LogP) is 4.00. The Morgan fingerprint density at radius 3 is 2.39 bits per heavy atom. The fourth-order valence-electron chi connectivity index (χ4n) is 2.82. The lowest BCUT2D eigenvalue weighted by atomic mass is 9.87. The molecule has 1 N–H and O–H groups in total. The molecule has 3 rings (SSSR count). The number of amides is 1. The van der Waals surface area contributed by atoms with Crippen LogP contribution in [0, 0.1) is 6.92 Å². The first-order valence-electron chi connectivity index (χ1n) is 9.70. The van der Waals surface area contributed by atoms with Crippen LogP contribution < -0.4 is 9.50 Å². The molecule has 0 spiro atoms. The lowest BCUT2D eigenvalue weighted by molar-refractivity contribution is -0.118. The van der Waals surface area contributed by atoms with Crippen molar-refractivity contribution < 1.29 is 17.4 Å². The molecule has 7 nitrogen and oxygen atoms in total. The summed E-state index contributed by atoms with van der Waals surface area (Å²) in [5, 5.41) is 10.8. The highest BCUT2D eigenvalue weighted by atomic mass is 32.2. The third-order valence-electron chi connectivity index (χ3n) is 4.68. The number of carbonyl (C=O) groups is 1. The van der Waals surface area contributed by atoms with Crippen LogP contribution in [0.5, 0.6) is 5.75 Å². The number of rotatable bonds is 5. The third kappa shape index (κ3) is 5.54. The molecule has 0 radical (unpaired) electrons. The maximum Gasteiger partial charge on any atom is 0.339 e. The van der Waals surface area contributed by atoms with E-state index in [1.807, 2.05) is 0 Å². The van der Waals surface area contributed by atoms with Gasteiger partial charge >= 0.3 is 10.1 Å². The van der Waals surface area contributed by atoms with E-state index in [4.69, 9.17) is 4.18 Å². The van der Waals surface area contributed by atoms with Gasteiger partial charge in [-0.3, -0.25) is 4.79 Å². The Kier molecular flexibility index (Phi) is 6.56. The van der Waals surface area contributed by atoms with Crippen LogP contribution in [0.15, 0.2) is 57.6 Å². The minimum absolute atomic E-state index is 0.0749. The quantitative estimate of drug-likeness (QED) is 0.414. The number of nitrogens with one attached hydrogen (secondary N) is 1. The molecule has 31 heavy (non-hydrogen) atoms. The monoisotopic (exact) mass is 459 g/mol. The number of hydrogen-bond acceptors (Lipinski definition) is 7. The van der Waals surface area contributed by atoms with Gasteiger partial charge in [0.2, 0.25) is 5.91 Å². The Balaban J connectivity index is 1.85. The van der Waals surface area contributed by atoms with E-state index in [0.717, 1.165) is 5.56 Å². The van der Waals surface area contributed by atoms with Crippen LogP contribution in [-0.2, 0) is 20.3 Å². The first-order chi connectivity index (χ1) is 14.5. The Morgan fingerprint density at radius 1 is 1.13 bits per heavy atom. The summed E-state index contributed by atoms with van der Waals surface area (Å²) < 4.78 is 31.2. The van der Waals surface area contributed by atoms with Crippen LogP contribution >= 0.6 is 11.8 Å². The van der Waals surface area contributed by atoms with E-state index >= 15 is 0 Å². The number of aryl methyl sites for hydroxylation is 1. The smallest absolute Gasteiger partial charge is 0.339 e. The summed E-state index contributed by atoms with van der Waals surface area (Å²) in [7, 11) is -4.03. The molecule has 0 aliphatic carbocycles. The summed E-state index contributed by atoms with van der Waals surface area (Å²) in [4.78, 5) is 11.6. The van der Waals surface area contributed by atoms with Crippen LogP contribution in [0.2, 0.25) is 0 Å². The molecule has 1 amide bonds. The summed E-state index contributed by atoms with van der Waals surface area (Å²) >= 11 is 1.27. The number of nitrogens with zero attached hydrogens (tertiary/aromatic N) is 2. The Bertz CT molecular complexity index is 1150. The number of thioether (sulfide) groups is 1. The third-order valence-corrected chi connectivity index (χ3v) is 6.89. The van der Waals surface area contributed by atoms with Gasteiger partial charge in [-0.05, 0) is 48.6 Å². The molecule has 164 valence electrons. The summed E-state index contributed by atoms with van der Waals surface area (Å²) in [5.41, 5.74) is 2.05. The molecule has 0 unspecified atom stereocenters. The summed E-state index contributed by atoms with van der Waals surface area (Å²) in [6, 6.07) is 11.9. The zero-order chi connectivity index (χ0) is 22.8. The van der Waals surface area contributed by atoms with Crippen LogP contribution in [-0.4, -0.2) is 31.0 Å². The number of para-hydroxylation sites is 1. The predicted molar refractivity (Wildman–Crippen MR) is 124 cm³/mol. The lowest BCUT2D eigenvalue weighted by Crippen LogP contribution is -2.23. The Labute approximate surface area is 187 Å². The number of benzene rings is 2. The van der Waals surface area contributed by atoms with Crippen molar-refractivity contribution in [1.82, 2.24) is 5.32 Å². The van der Waals surface area contributed by atoms with E-state index in [1.54, 1.807) is 56.3 Å². The number of hydrogen-bond donors (Lipinski definition) is 1. The van der Waals surface area contributed by atoms with E-state index in [0.29, 0.717) is 16.3 Å². The largest absolute Gasteiger partial charge is 0.378 e. The van der Waals surface area contributed by atoms with E-state index in [1.165, 1.54) is 18.0 Å². The highest BCUT2D eigenvalue weighted by Gasteiger charge is 2.26. The Hall–Kier alpha value is -2.65. The van der Waals surface area contributed by atoms with Gasteiger partial charge < -0.3 is 9.50 Å². The van der Waals surface area contributed by atoms with Gasteiger partial charge in [0.1, 0.15) is 4.90 Å². The van der Waals surface area contributed by atoms with Gasteiger partial charge in [0.25, 0.3) is 0 Å². The fourth-order valence-corrected chi connectivity index (χ4v) is 4.59. The van der Waals surface area contributed by atoms with Gasteiger partial charge in [-0.15, -0.1) is 5.10 Å². The standard InChI is InChI=1S/C22H25N3O4S2/c1-14-7-6-8-16(13-23-25-21-24-20(26)15(2)30-21)19(14)29-31(27,28)18-11-9-17(10-12-18)22(3,4)5/h6-13,15H,1-5H3,(H,24,25,26)/b23-13-/t15-/m0/s1. The Morgan fingerprint density at radius 2 is 1.81 bits per heavy atom. The fraction of sp³-hybridized carbons (Fsp3) is 0.318. The van der Waals surface area contributed by atoms with Gasteiger partial charge in [0.05, 0.1) is 11.5 Å². The van der Waals surface area contributed by atoms with Crippen LogP contribution in [0.4, 0.5) is 0 Å². The van der Waals surface area contributed by atoms with Crippen molar-refractivity contribution in [1.29, 1.82) is 0 Å². The molecule has 1 aliphatic rings. The molecule has 9 heteroatoms. The van der Waals surface area contributed by atoms with Gasteiger partial charge in [-0.1, -0.05) is 56.8 Å². The van der Waals surface area contributed by atoms with E-state index < -0.39 is 10.1 Å². The summed E-state index contributed by atoms with van der Waals surface area (Å²) in [5.74, 6) is 0.0601. The molecule has 0 bridgehead atoms. The number of amidine groups is 1. The van der Waals surface area contributed by atoms with E-state index in [9.17, 15) is 13.2 Å². The van der Waals surface area contributed by atoms with Crippen molar-refractivity contribution in [2.75, 3.05) is 0 Å². The molecule has 2 aromatic rings. The molecule has 1 aliphatic heterocycles. The zero-order valence-corrected chi connectivity index (χ0v) is 19.7. The second kappa shape index (κ2) is 8.84. The van der Waals surface area contributed by atoms with Gasteiger partial charge in [-0.2, -0.15) is 13.5 Å². The lowest BCUT2D eigenvalue weighted by Gasteiger charge is -2.19. The highest BCUT2D eigenvalue weighted by molar-refractivity contribution is 8.15. The molecule has 1 saturated heterocycles. The minimum Gasteiger partial charge on any atom is -0.378 e. The van der Waals surface area contributed by atoms with Crippen molar-refractivity contribution in [3.63, 3.8) is 0 Å². The molecular formula is C22H25N3O4S2. The second-order valence-corrected chi connectivity index (χ2v) is 11.1. The van der Waals surface area contributed by atoms with Crippen LogP contribution in [0.1, 0.15) is 44.4 Å². The molecule has 1 fully saturated rings. The SMILES string of the molecule is Cc1cccc(/C=N\N=C2\NC(=O)[C@H](C)S2)c1OS(=O)(=O)c1ccc(C(C)(C)C)cc1. The van der Waals surface area contributed by atoms with Crippen molar-refractivity contribution in [2.24, 2.45) is 10.2 Å². The average Bonchev–Trinajstić information content (AvgIpc) is 3.01. The van der Waals surface area contributed by atoms with Crippen molar-refractivity contribution in [3.05, 3.63) is 59.2 Å². The van der Waals surface area contributed by atoms with E-state index in [2.05, 4.69) is 36.3 Å². The molecule has 0 saturated carbocycles. The zero-order valence-electron chi connectivity index (χ0n) is 18.0. The van der Waals surface area contributed by atoms with Crippen molar-refractivity contribution >= 4 is 39.2 Å². The first kappa shape index (κ1) is 23.0. The summed E-state index contributed by atoms with van der Waals surface area (Å²) in [6.45, 7) is 9.71. The molecule has 2 aromatic carbocycles. The molecule has 1 atom stereocenters. The van der Waals surface area contributed by atoms with Gasteiger partial charge in [0.15, 0.2) is 10.9 Å². The average molecular weight is 460 g/mol. The van der Waals surface area contributed by atoms with Gasteiger partial charge in [0, 0.05) is 5.56 Å². The molecule has 1 heterocycles. The molecular weight excluding hydrogens is 434 g/mol. The second-order valence-electron chi connectivity index (χ2n) is 8.20. The maximum absolute atomic E-state index is 12.9. The maximum atomic E-state index is 12.9. The summed E-state index contributed by atoms with van der Waals surface area (Å²) in [6.07, 6.45) is 1.41. The highest BCUT2D eigenvalue weighted by Crippen LogP contribution is 2.28. The van der Waals surface area contributed by atoms with Crippen LogP contribution in [0.25, 0.3) is 0 Å². The van der Waals surface area contributed by atoms with E-state index in [-0.39, 0.29) is 27.2 Å².